The van der Waals surface area contributed by atoms with Crippen molar-refractivity contribution in [3.8, 4) is 0 Å². The Labute approximate surface area is 380 Å². The van der Waals surface area contributed by atoms with E-state index in [2.05, 4.69) is 32.9 Å². The highest BCUT2D eigenvalue weighted by atomic mass is 16.6. The largest absolute Gasteiger partial charge is 0.462 e. The molecule has 0 aliphatic heterocycles. The van der Waals surface area contributed by atoms with Gasteiger partial charge in [-0.2, -0.15) is 0 Å². The lowest BCUT2D eigenvalue weighted by molar-refractivity contribution is -0.167. The average molecular weight is 861 g/mol. The van der Waals surface area contributed by atoms with Crippen LogP contribution < -0.4 is 0 Å². The molecule has 0 bridgehead atoms. The maximum Gasteiger partial charge on any atom is 0.306 e. The fourth-order valence-corrected chi connectivity index (χ4v) is 8.14. The van der Waals surface area contributed by atoms with Gasteiger partial charge in [-0.1, -0.05) is 251 Å². The molecule has 0 saturated heterocycles. The van der Waals surface area contributed by atoms with Gasteiger partial charge in [0.2, 0.25) is 0 Å². The molecule has 0 aromatic heterocycles. The number of carbonyl (C=O) groups is 3. The Morgan fingerprint density at radius 3 is 0.820 bits per heavy atom. The summed E-state index contributed by atoms with van der Waals surface area (Å²) in [5.41, 5.74) is 0. The van der Waals surface area contributed by atoms with Gasteiger partial charge in [0.25, 0.3) is 0 Å². The van der Waals surface area contributed by atoms with E-state index in [1.54, 1.807) is 0 Å². The van der Waals surface area contributed by atoms with Crippen molar-refractivity contribution in [1.29, 1.82) is 0 Å². The molecular formula is C55H104O6. The third-order valence-electron chi connectivity index (χ3n) is 12.3. The first-order valence-electron chi connectivity index (χ1n) is 27.2. The molecule has 0 rings (SSSR count). The van der Waals surface area contributed by atoms with E-state index in [0.717, 1.165) is 57.8 Å². The van der Waals surface area contributed by atoms with Crippen LogP contribution in [0, 0.1) is 0 Å². The van der Waals surface area contributed by atoms with Crippen LogP contribution in [0.2, 0.25) is 0 Å². The van der Waals surface area contributed by atoms with Crippen molar-refractivity contribution in [2.75, 3.05) is 13.2 Å². The number of rotatable bonds is 50. The third kappa shape index (κ3) is 49.0. The lowest BCUT2D eigenvalue weighted by atomic mass is 10.0. The predicted molar refractivity (Wildman–Crippen MR) is 261 cm³/mol. The predicted octanol–water partition coefficient (Wildman–Crippen LogP) is 17.8. The van der Waals surface area contributed by atoms with Crippen LogP contribution in [0.5, 0.6) is 0 Å². The van der Waals surface area contributed by atoms with E-state index in [4.69, 9.17) is 14.2 Å². The number of hydrogen-bond acceptors (Lipinski definition) is 6. The van der Waals surface area contributed by atoms with Gasteiger partial charge in [-0.15, -0.1) is 0 Å². The number of carbonyl (C=O) groups excluding carboxylic acids is 3. The Balaban J connectivity index is 4.31. The Morgan fingerprint density at radius 1 is 0.311 bits per heavy atom. The van der Waals surface area contributed by atoms with E-state index < -0.39 is 6.10 Å². The van der Waals surface area contributed by atoms with Gasteiger partial charge >= 0.3 is 17.9 Å². The zero-order chi connectivity index (χ0) is 44.4. The average Bonchev–Trinajstić information content (AvgIpc) is 3.26. The molecule has 61 heavy (non-hydrogen) atoms. The van der Waals surface area contributed by atoms with Gasteiger partial charge in [-0.3, -0.25) is 14.4 Å². The molecule has 1 atom stereocenters. The van der Waals surface area contributed by atoms with Crippen LogP contribution in [-0.4, -0.2) is 37.2 Å². The molecule has 0 spiro atoms. The van der Waals surface area contributed by atoms with Crippen molar-refractivity contribution >= 4 is 17.9 Å². The number of unbranched alkanes of at least 4 members (excludes halogenated alkanes) is 37. The zero-order valence-electron chi connectivity index (χ0n) is 41.2. The van der Waals surface area contributed by atoms with Crippen molar-refractivity contribution in [2.45, 2.75) is 309 Å². The van der Waals surface area contributed by atoms with Crippen LogP contribution in [-0.2, 0) is 28.6 Å². The molecule has 0 heterocycles. The first-order valence-corrected chi connectivity index (χ1v) is 27.2. The summed E-state index contributed by atoms with van der Waals surface area (Å²) >= 11 is 0. The van der Waals surface area contributed by atoms with Crippen LogP contribution in [0.1, 0.15) is 303 Å². The second-order valence-electron chi connectivity index (χ2n) is 18.5. The fourth-order valence-electron chi connectivity index (χ4n) is 8.14. The molecule has 0 unspecified atom stereocenters. The summed E-state index contributed by atoms with van der Waals surface area (Å²) in [4.78, 5) is 38.0. The van der Waals surface area contributed by atoms with Crippen molar-refractivity contribution < 1.29 is 28.6 Å². The summed E-state index contributed by atoms with van der Waals surface area (Å²) in [5, 5.41) is 0. The topological polar surface area (TPSA) is 78.9 Å². The maximum absolute atomic E-state index is 12.8. The van der Waals surface area contributed by atoms with Crippen LogP contribution in [0.25, 0.3) is 0 Å². The van der Waals surface area contributed by atoms with E-state index in [1.807, 2.05) is 0 Å². The third-order valence-corrected chi connectivity index (χ3v) is 12.3. The fraction of sp³-hybridized carbons (Fsp3) is 0.909. The van der Waals surface area contributed by atoms with Gasteiger partial charge in [0, 0.05) is 19.3 Å². The SMILES string of the molecule is CCCCCCCC/C=C/CCCCCCCCCC(=O)OC[C@@H](COC(=O)CCCCCCCCCCCCCCC)OC(=O)CCCCCCCCCCCCCCC. The van der Waals surface area contributed by atoms with Crippen molar-refractivity contribution in [2.24, 2.45) is 0 Å². The molecule has 0 aliphatic carbocycles. The van der Waals surface area contributed by atoms with Crippen LogP contribution in [0.4, 0.5) is 0 Å². The molecule has 0 fully saturated rings. The lowest BCUT2D eigenvalue weighted by Crippen LogP contribution is -2.30. The summed E-state index contributed by atoms with van der Waals surface area (Å²) in [5.74, 6) is -0.851. The van der Waals surface area contributed by atoms with Crippen LogP contribution in [0.3, 0.4) is 0 Å². The van der Waals surface area contributed by atoms with Gasteiger partial charge in [0.05, 0.1) is 0 Å². The van der Waals surface area contributed by atoms with Gasteiger partial charge in [0.15, 0.2) is 6.10 Å². The van der Waals surface area contributed by atoms with E-state index in [1.165, 1.54) is 205 Å². The molecular weight excluding hydrogens is 757 g/mol. The lowest BCUT2D eigenvalue weighted by Gasteiger charge is -2.18. The molecule has 0 saturated carbocycles. The van der Waals surface area contributed by atoms with Crippen molar-refractivity contribution in [3.05, 3.63) is 12.2 Å². The van der Waals surface area contributed by atoms with Gasteiger partial charge in [0.1, 0.15) is 13.2 Å². The quantitative estimate of drug-likeness (QED) is 0.0262. The van der Waals surface area contributed by atoms with E-state index in [-0.39, 0.29) is 31.1 Å². The molecule has 6 heteroatoms. The van der Waals surface area contributed by atoms with Crippen LogP contribution >= 0.6 is 0 Å². The summed E-state index contributed by atoms with van der Waals surface area (Å²) in [6.07, 6.45) is 56.2. The molecule has 6 nitrogen and oxygen atoms in total. The second kappa shape index (κ2) is 50.8. The smallest absolute Gasteiger partial charge is 0.306 e. The standard InChI is InChI=1S/C55H104O6/c1-4-7-10-13-16-19-22-25-26-27-28-31-33-36-39-42-45-48-54(57)60-51-52(61-55(58)49-46-43-40-37-34-30-24-21-18-15-12-9-6-3)50-59-53(56)47-44-41-38-35-32-29-23-20-17-14-11-8-5-2/h25-26,52H,4-24,27-51H2,1-3H3/b26-25+/t52-/m1/s1. The zero-order valence-corrected chi connectivity index (χ0v) is 41.2. The molecule has 0 aromatic carbocycles. The maximum atomic E-state index is 12.8. The number of hydrogen-bond donors (Lipinski definition) is 0. The summed E-state index contributed by atoms with van der Waals surface area (Å²) in [6, 6.07) is 0. The summed E-state index contributed by atoms with van der Waals surface area (Å²) in [7, 11) is 0. The van der Waals surface area contributed by atoms with Crippen molar-refractivity contribution in [3.63, 3.8) is 0 Å². The Bertz CT molecular complexity index is 947. The normalized spacial score (nSPS) is 12.0. The Kier molecular flexibility index (Phi) is 49.3. The molecule has 0 radical (unpaired) electrons. The summed E-state index contributed by atoms with van der Waals surface area (Å²) < 4.78 is 16.8. The van der Waals surface area contributed by atoms with Gasteiger partial charge < -0.3 is 14.2 Å². The highest BCUT2D eigenvalue weighted by molar-refractivity contribution is 5.71. The first kappa shape index (κ1) is 59.1. The van der Waals surface area contributed by atoms with E-state index in [0.29, 0.717) is 19.3 Å². The van der Waals surface area contributed by atoms with Gasteiger partial charge in [-0.25, -0.2) is 0 Å². The molecule has 0 N–H and O–H groups in total. The second-order valence-corrected chi connectivity index (χ2v) is 18.5. The van der Waals surface area contributed by atoms with E-state index >= 15 is 0 Å². The van der Waals surface area contributed by atoms with Crippen molar-refractivity contribution in [1.82, 2.24) is 0 Å². The minimum Gasteiger partial charge on any atom is -0.462 e. The Hall–Kier alpha value is -1.85. The highest BCUT2D eigenvalue weighted by Gasteiger charge is 2.19. The molecule has 0 amide bonds. The Morgan fingerprint density at radius 2 is 0.541 bits per heavy atom. The number of allylic oxidation sites excluding steroid dienone is 2. The minimum atomic E-state index is -0.764. The number of ether oxygens (including phenoxy) is 3. The number of esters is 3. The monoisotopic (exact) mass is 861 g/mol. The first-order chi connectivity index (χ1) is 30.0. The van der Waals surface area contributed by atoms with Crippen LogP contribution in [0.15, 0.2) is 12.2 Å². The molecule has 360 valence electrons. The minimum absolute atomic E-state index is 0.0657. The summed E-state index contributed by atoms with van der Waals surface area (Å²) in [6.45, 7) is 6.67. The van der Waals surface area contributed by atoms with Gasteiger partial charge in [-0.05, 0) is 44.9 Å². The molecule has 0 aromatic rings. The van der Waals surface area contributed by atoms with E-state index in [9.17, 15) is 14.4 Å². The highest BCUT2D eigenvalue weighted by Crippen LogP contribution is 2.16. The molecule has 0 aliphatic rings.